The Morgan fingerprint density at radius 3 is 2.55 bits per heavy atom. The molecule has 3 aliphatic rings. The maximum atomic E-state index is 13.1. The van der Waals surface area contributed by atoms with Crippen molar-refractivity contribution < 1.29 is 19.2 Å². The van der Waals surface area contributed by atoms with Crippen molar-refractivity contribution in [2.24, 2.45) is 5.73 Å². The van der Waals surface area contributed by atoms with E-state index in [2.05, 4.69) is 17.4 Å². The lowest BCUT2D eigenvalue weighted by molar-refractivity contribution is -0.136. The summed E-state index contributed by atoms with van der Waals surface area (Å²) in [7, 11) is 1.92. The van der Waals surface area contributed by atoms with Gasteiger partial charge < -0.3 is 10.6 Å². The molecule has 2 aromatic carbocycles. The van der Waals surface area contributed by atoms with Crippen LogP contribution in [0, 0.1) is 0 Å². The largest absolute Gasteiger partial charge is 0.366 e. The molecule has 3 unspecified atom stereocenters. The van der Waals surface area contributed by atoms with E-state index >= 15 is 0 Å². The van der Waals surface area contributed by atoms with E-state index in [0.29, 0.717) is 0 Å². The number of hydrogen-bond acceptors (Lipinski definition) is 6. The van der Waals surface area contributed by atoms with Gasteiger partial charge in [0, 0.05) is 25.2 Å². The van der Waals surface area contributed by atoms with E-state index in [1.54, 1.807) is 18.2 Å². The molecular weight excluding hydrogens is 396 g/mol. The number of likely N-dealkylation sites (N-methyl/N-ethyl adjacent to an activating group) is 1. The van der Waals surface area contributed by atoms with Crippen molar-refractivity contribution in [1.82, 2.24) is 10.2 Å². The number of piperidine rings is 1. The second kappa shape index (κ2) is 7.02. The van der Waals surface area contributed by atoms with Crippen molar-refractivity contribution in [2.75, 3.05) is 11.9 Å². The van der Waals surface area contributed by atoms with Crippen LogP contribution in [0.15, 0.2) is 42.5 Å². The van der Waals surface area contributed by atoms with Gasteiger partial charge in [-0.15, -0.1) is 0 Å². The smallest absolute Gasteiger partial charge is 0.262 e. The van der Waals surface area contributed by atoms with E-state index in [1.165, 1.54) is 5.56 Å². The number of rotatable bonds is 3. The molecule has 0 saturated carbocycles. The second-order valence-corrected chi connectivity index (χ2v) is 8.30. The third kappa shape index (κ3) is 2.94. The Bertz CT molecular complexity index is 1140. The standard InChI is InChI=1S/C23H22N4O4/c1-26(20-14-5-3-2-4-12(14)10-17(20)24)13-6-7-15-16(11-13)23(31)27(22(15)30)18-8-9-19(28)25-21(18)29/h2-7,11,17-18,20H,8-10,24H2,1H3,(H,25,28,29). The number of anilines is 1. The van der Waals surface area contributed by atoms with Crippen molar-refractivity contribution in [2.45, 2.75) is 37.4 Å². The Labute approximate surface area is 179 Å². The minimum atomic E-state index is -0.971. The van der Waals surface area contributed by atoms with Crippen LogP contribution in [0.3, 0.4) is 0 Å². The number of amides is 4. The zero-order valence-corrected chi connectivity index (χ0v) is 17.0. The predicted molar refractivity (Wildman–Crippen MR) is 112 cm³/mol. The van der Waals surface area contributed by atoms with E-state index in [9.17, 15) is 19.2 Å². The van der Waals surface area contributed by atoms with Crippen LogP contribution in [0.25, 0.3) is 0 Å². The summed E-state index contributed by atoms with van der Waals surface area (Å²) >= 11 is 0. The summed E-state index contributed by atoms with van der Waals surface area (Å²) in [5.41, 5.74) is 10.1. The Morgan fingerprint density at radius 2 is 1.77 bits per heavy atom. The predicted octanol–water partition coefficient (Wildman–Crippen LogP) is 1.15. The maximum absolute atomic E-state index is 13.1. The highest BCUT2D eigenvalue weighted by Crippen LogP contribution is 2.38. The zero-order chi connectivity index (χ0) is 21.9. The molecule has 2 aliphatic heterocycles. The Hall–Kier alpha value is -3.52. The zero-order valence-electron chi connectivity index (χ0n) is 17.0. The van der Waals surface area contributed by atoms with Gasteiger partial charge in [-0.05, 0) is 42.2 Å². The molecule has 2 heterocycles. The minimum Gasteiger partial charge on any atom is -0.366 e. The first-order valence-corrected chi connectivity index (χ1v) is 10.3. The molecular formula is C23H22N4O4. The molecule has 31 heavy (non-hydrogen) atoms. The van der Waals surface area contributed by atoms with E-state index in [4.69, 9.17) is 5.73 Å². The van der Waals surface area contributed by atoms with Crippen LogP contribution in [0.5, 0.6) is 0 Å². The number of hydrogen-bond donors (Lipinski definition) is 2. The molecule has 3 N–H and O–H groups in total. The average molecular weight is 418 g/mol. The highest BCUT2D eigenvalue weighted by molar-refractivity contribution is 6.23. The highest BCUT2D eigenvalue weighted by Gasteiger charge is 2.45. The first-order chi connectivity index (χ1) is 14.9. The van der Waals surface area contributed by atoms with Gasteiger partial charge in [0.1, 0.15) is 6.04 Å². The molecule has 3 atom stereocenters. The quantitative estimate of drug-likeness (QED) is 0.723. The summed E-state index contributed by atoms with van der Waals surface area (Å²) in [5.74, 6) is -2.03. The number of nitrogens with zero attached hydrogens (tertiary/aromatic N) is 2. The normalized spacial score (nSPS) is 24.8. The van der Waals surface area contributed by atoms with Gasteiger partial charge in [-0.3, -0.25) is 29.4 Å². The van der Waals surface area contributed by atoms with Crippen molar-refractivity contribution in [3.8, 4) is 0 Å². The average Bonchev–Trinajstić information content (AvgIpc) is 3.21. The van der Waals surface area contributed by atoms with Gasteiger partial charge in [-0.1, -0.05) is 24.3 Å². The van der Waals surface area contributed by atoms with Crippen LogP contribution in [0.1, 0.15) is 50.7 Å². The SMILES string of the molecule is CN(c1ccc2c(c1)C(=O)N(C1CCC(=O)NC1=O)C2=O)C1c2ccccc2CC1N. The fourth-order valence-electron chi connectivity index (χ4n) is 4.94. The number of nitrogens with one attached hydrogen (secondary N) is 1. The minimum absolute atomic E-state index is 0.0484. The van der Waals surface area contributed by atoms with Crippen molar-refractivity contribution in [3.05, 3.63) is 64.7 Å². The number of benzene rings is 2. The van der Waals surface area contributed by atoms with Crippen LogP contribution >= 0.6 is 0 Å². The highest BCUT2D eigenvalue weighted by atomic mass is 16.2. The molecule has 8 nitrogen and oxygen atoms in total. The third-order valence-electron chi connectivity index (χ3n) is 6.48. The lowest BCUT2D eigenvalue weighted by atomic mass is 10.0. The molecule has 2 aromatic rings. The van der Waals surface area contributed by atoms with E-state index in [1.807, 2.05) is 24.1 Å². The van der Waals surface area contributed by atoms with Gasteiger partial charge >= 0.3 is 0 Å². The van der Waals surface area contributed by atoms with Crippen molar-refractivity contribution in [1.29, 1.82) is 0 Å². The van der Waals surface area contributed by atoms with Crippen molar-refractivity contribution in [3.63, 3.8) is 0 Å². The number of fused-ring (bicyclic) bond motifs is 2. The van der Waals surface area contributed by atoms with Crippen LogP contribution < -0.4 is 16.0 Å². The van der Waals surface area contributed by atoms with Gasteiger partial charge in [-0.25, -0.2) is 0 Å². The van der Waals surface area contributed by atoms with Crippen LogP contribution in [0.4, 0.5) is 5.69 Å². The lowest BCUT2D eigenvalue weighted by Gasteiger charge is -2.31. The number of carbonyl (C=O) groups is 4. The molecule has 0 aromatic heterocycles. The number of carbonyl (C=O) groups excluding carboxylic acids is 4. The summed E-state index contributed by atoms with van der Waals surface area (Å²) in [6.45, 7) is 0. The molecule has 0 spiro atoms. The van der Waals surface area contributed by atoms with Gasteiger partial charge in [-0.2, -0.15) is 0 Å². The third-order valence-corrected chi connectivity index (χ3v) is 6.48. The summed E-state index contributed by atoms with van der Waals surface area (Å²) in [4.78, 5) is 52.7. The van der Waals surface area contributed by atoms with Crippen LogP contribution in [-0.2, 0) is 16.0 Å². The fraction of sp³-hybridized carbons (Fsp3) is 0.304. The first-order valence-electron chi connectivity index (χ1n) is 10.3. The summed E-state index contributed by atoms with van der Waals surface area (Å²) < 4.78 is 0. The Kier molecular flexibility index (Phi) is 4.40. The molecule has 8 heteroatoms. The molecule has 158 valence electrons. The summed E-state index contributed by atoms with van der Waals surface area (Å²) in [5, 5.41) is 2.21. The second-order valence-electron chi connectivity index (χ2n) is 8.30. The Balaban J connectivity index is 1.46. The Morgan fingerprint density at radius 1 is 1.03 bits per heavy atom. The molecule has 4 amide bonds. The fourth-order valence-corrected chi connectivity index (χ4v) is 4.94. The molecule has 0 bridgehead atoms. The van der Waals surface area contributed by atoms with E-state index in [-0.39, 0.29) is 36.1 Å². The first kappa shape index (κ1) is 19.4. The van der Waals surface area contributed by atoms with Gasteiger partial charge in [0.25, 0.3) is 11.8 Å². The topological polar surface area (TPSA) is 113 Å². The summed E-state index contributed by atoms with van der Waals surface area (Å²) in [6.07, 6.45) is 1.00. The van der Waals surface area contributed by atoms with Gasteiger partial charge in [0.2, 0.25) is 11.8 Å². The summed E-state index contributed by atoms with van der Waals surface area (Å²) in [6, 6.07) is 12.1. The number of nitrogens with two attached hydrogens (primary N) is 1. The van der Waals surface area contributed by atoms with Gasteiger partial charge in [0.05, 0.1) is 17.2 Å². The van der Waals surface area contributed by atoms with Crippen LogP contribution in [-0.4, -0.2) is 47.7 Å². The van der Waals surface area contributed by atoms with E-state index < -0.39 is 29.7 Å². The molecule has 0 radical (unpaired) electrons. The molecule has 1 saturated heterocycles. The molecule has 1 aliphatic carbocycles. The molecule has 5 rings (SSSR count). The van der Waals surface area contributed by atoms with Gasteiger partial charge in [0.15, 0.2) is 0 Å². The monoisotopic (exact) mass is 418 g/mol. The lowest BCUT2D eigenvalue weighted by Crippen LogP contribution is -2.54. The van der Waals surface area contributed by atoms with Crippen LogP contribution in [0.2, 0.25) is 0 Å². The van der Waals surface area contributed by atoms with E-state index in [0.717, 1.165) is 22.6 Å². The molecule has 1 fully saturated rings. The maximum Gasteiger partial charge on any atom is 0.262 e. The van der Waals surface area contributed by atoms with Crippen molar-refractivity contribution >= 4 is 29.3 Å². The number of imide groups is 2.